The Morgan fingerprint density at radius 3 is 0.952 bits per heavy atom. The Labute approximate surface area is 259 Å². The Bertz CT molecular complexity index is 1360. The molecule has 6 aromatic rings. The molecular weight excluding hydrogens is 619 g/mol. The van der Waals surface area contributed by atoms with Crippen molar-refractivity contribution in [3.05, 3.63) is 204 Å². The quantitative estimate of drug-likeness (QED) is 0.150. The summed E-state index contributed by atoms with van der Waals surface area (Å²) in [6.07, 6.45) is 3.56. The molecule has 0 aliphatic carbocycles. The second kappa shape index (κ2) is 13.1. The van der Waals surface area contributed by atoms with Gasteiger partial charge in [0, 0.05) is 0 Å². The minimum atomic E-state index is -3.84. The summed E-state index contributed by atoms with van der Waals surface area (Å²) >= 11 is -3.84. The molecule has 0 saturated carbocycles. The molecule has 4 nitrogen and oxygen atoms in total. The normalized spacial score (nSPS) is 11.6. The van der Waals surface area contributed by atoms with E-state index in [1.807, 2.05) is 109 Å². The second-order valence-electron chi connectivity index (χ2n) is 9.70. The minimum absolute atomic E-state index is 0.729. The van der Waals surface area contributed by atoms with E-state index in [9.17, 15) is 0 Å². The molecule has 0 aliphatic heterocycles. The zero-order valence-electron chi connectivity index (χ0n) is 22.8. The molecule has 0 fully saturated rings. The molecule has 42 heavy (non-hydrogen) atoms. The Morgan fingerprint density at radius 1 is 0.405 bits per heavy atom. The Hall–Kier alpha value is -3.73. The average molecular weight is 647 g/mol. The van der Waals surface area contributed by atoms with Gasteiger partial charge in [-0.05, 0) is 0 Å². The van der Waals surface area contributed by atoms with E-state index >= 15 is 0 Å². The van der Waals surface area contributed by atoms with E-state index in [-0.39, 0.29) is 0 Å². The van der Waals surface area contributed by atoms with Crippen LogP contribution in [0.3, 0.4) is 0 Å². The molecule has 0 spiro atoms. The maximum absolute atomic E-state index is 7.45. The standard InChI is InChI=1S/2C18H14NO.ClH.Zr/c2*20-18(15-9-3-1-4-10-15,16-11-5-2-6-12-16)17-13-7-8-14-19-17;;/h2*1-14H;1H;/q2*-1;;+3/p-1. The molecule has 4 aromatic carbocycles. The van der Waals surface area contributed by atoms with Gasteiger partial charge in [-0.3, -0.25) is 0 Å². The molecule has 0 N–H and O–H groups in total. The van der Waals surface area contributed by atoms with Gasteiger partial charge in [0.1, 0.15) is 0 Å². The Balaban J connectivity index is 1.54. The SMILES string of the molecule is [Cl][Zr]([O]C(c1ccccc1)(c1ccccc1)c1ccccn1)[O]C(c1ccccc1)(c1ccccc1)c1ccccn1. The van der Waals surface area contributed by atoms with E-state index in [1.165, 1.54) is 0 Å². The Morgan fingerprint density at radius 2 is 0.690 bits per heavy atom. The van der Waals surface area contributed by atoms with Gasteiger partial charge in [0.25, 0.3) is 0 Å². The van der Waals surface area contributed by atoms with Crippen LogP contribution in [-0.2, 0) is 38.3 Å². The first-order valence-corrected chi connectivity index (χ1v) is 18.9. The average Bonchev–Trinajstić information content (AvgIpc) is 3.08. The van der Waals surface area contributed by atoms with Gasteiger partial charge >= 0.3 is 261 Å². The summed E-state index contributed by atoms with van der Waals surface area (Å²) in [5.74, 6) is 0. The summed E-state index contributed by atoms with van der Waals surface area (Å²) in [5, 5.41) is 0. The summed E-state index contributed by atoms with van der Waals surface area (Å²) in [6.45, 7) is 0. The predicted octanol–water partition coefficient (Wildman–Crippen LogP) is 8.40. The van der Waals surface area contributed by atoms with E-state index in [0.29, 0.717) is 0 Å². The van der Waals surface area contributed by atoms with E-state index in [1.54, 1.807) is 12.4 Å². The van der Waals surface area contributed by atoms with Gasteiger partial charge in [-0.2, -0.15) is 0 Å². The van der Waals surface area contributed by atoms with Crippen molar-refractivity contribution in [2.75, 3.05) is 0 Å². The second-order valence-corrected chi connectivity index (χ2v) is 13.7. The summed E-state index contributed by atoms with van der Waals surface area (Å²) < 4.78 is 14.3. The number of benzene rings is 4. The molecule has 0 aliphatic rings. The van der Waals surface area contributed by atoms with E-state index in [0.717, 1.165) is 33.6 Å². The van der Waals surface area contributed by atoms with Crippen molar-refractivity contribution in [1.82, 2.24) is 9.97 Å². The topological polar surface area (TPSA) is 44.2 Å². The van der Waals surface area contributed by atoms with Gasteiger partial charge in [-0.1, -0.05) is 0 Å². The van der Waals surface area contributed by atoms with Gasteiger partial charge in [0.05, 0.1) is 0 Å². The molecule has 0 unspecified atom stereocenters. The van der Waals surface area contributed by atoms with Crippen LogP contribution in [0.4, 0.5) is 0 Å². The molecule has 6 rings (SSSR count). The van der Waals surface area contributed by atoms with Crippen LogP contribution in [0.15, 0.2) is 170 Å². The first kappa shape index (κ1) is 28.4. The molecule has 0 bridgehead atoms. The third-order valence-corrected chi connectivity index (χ3v) is 10.4. The molecule has 2 heterocycles. The Kier molecular flexibility index (Phi) is 8.83. The van der Waals surface area contributed by atoms with Crippen molar-refractivity contribution in [1.29, 1.82) is 0 Å². The third-order valence-electron chi connectivity index (χ3n) is 7.24. The molecule has 205 valence electrons. The summed E-state index contributed by atoms with van der Waals surface area (Å²) in [4.78, 5) is 9.62. The van der Waals surface area contributed by atoms with Crippen LogP contribution in [0.25, 0.3) is 0 Å². The van der Waals surface area contributed by atoms with Crippen molar-refractivity contribution in [2.45, 2.75) is 11.2 Å². The van der Waals surface area contributed by atoms with Crippen LogP contribution >= 0.6 is 8.51 Å². The summed E-state index contributed by atoms with van der Waals surface area (Å²) in [5.41, 5.74) is 2.94. The number of hydrogen-bond donors (Lipinski definition) is 0. The molecular formula is C36H28ClN2O2Zr. The molecule has 0 radical (unpaired) electrons. The number of pyridine rings is 2. The number of hydrogen-bond acceptors (Lipinski definition) is 4. The van der Waals surface area contributed by atoms with Crippen molar-refractivity contribution >= 4 is 8.51 Å². The number of halogens is 1. The fourth-order valence-electron chi connectivity index (χ4n) is 5.36. The van der Waals surface area contributed by atoms with Crippen LogP contribution in [0.2, 0.25) is 0 Å². The maximum atomic E-state index is 7.45. The third kappa shape index (κ3) is 5.54. The fourth-order valence-corrected chi connectivity index (χ4v) is 9.69. The zero-order valence-corrected chi connectivity index (χ0v) is 26.0. The van der Waals surface area contributed by atoms with Crippen molar-refractivity contribution in [2.24, 2.45) is 0 Å². The number of rotatable bonds is 10. The van der Waals surface area contributed by atoms with Crippen molar-refractivity contribution in [3.63, 3.8) is 0 Å². The van der Waals surface area contributed by atoms with E-state index in [4.69, 9.17) is 24.1 Å². The molecule has 2 aromatic heterocycles. The summed E-state index contributed by atoms with van der Waals surface area (Å²) in [7, 11) is 7.45. The van der Waals surface area contributed by atoms with Crippen molar-refractivity contribution < 1.29 is 27.1 Å². The fraction of sp³-hybridized carbons (Fsp3) is 0.0556. The van der Waals surface area contributed by atoms with Gasteiger partial charge in [0.2, 0.25) is 0 Å². The van der Waals surface area contributed by atoms with Gasteiger partial charge in [0.15, 0.2) is 0 Å². The molecule has 6 heteroatoms. The van der Waals surface area contributed by atoms with Crippen LogP contribution < -0.4 is 0 Å². The number of nitrogens with zero attached hydrogens (tertiary/aromatic N) is 2. The van der Waals surface area contributed by atoms with E-state index < -0.39 is 32.6 Å². The molecule has 0 saturated heterocycles. The molecule has 0 atom stereocenters. The van der Waals surface area contributed by atoms with Gasteiger partial charge in [-0.25, -0.2) is 0 Å². The first-order valence-electron chi connectivity index (χ1n) is 13.7. The monoisotopic (exact) mass is 645 g/mol. The molecule has 0 amide bonds. The summed E-state index contributed by atoms with van der Waals surface area (Å²) in [6, 6.07) is 52.1. The van der Waals surface area contributed by atoms with Gasteiger partial charge in [-0.15, -0.1) is 0 Å². The van der Waals surface area contributed by atoms with Crippen LogP contribution in [0, 0.1) is 0 Å². The van der Waals surface area contributed by atoms with Crippen LogP contribution in [-0.4, -0.2) is 9.97 Å². The van der Waals surface area contributed by atoms with E-state index in [2.05, 4.69) is 48.5 Å². The number of aromatic nitrogens is 2. The zero-order chi connectivity index (χ0) is 28.7. The van der Waals surface area contributed by atoms with Crippen molar-refractivity contribution in [3.8, 4) is 0 Å². The first-order chi connectivity index (χ1) is 20.7. The predicted molar refractivity (Wildman–Crippen MR) is 162 cm³/mol. The van der Waals surface area contributed by atoms with Crippen LogP contribution in [0.5, 0.6) is 0 Å². The van der Waals surface area contributed by atoms with Crippen LogP contribution in [0.1, 0.15) is 33.6 Å². The van der Waals surface area contributed by atoms with Gasteiger partial charge < -0.3 is 0 Å².